The summed E-state index contributed by atoms with van der Waals surface area (Å²) in [4.78, 5) is 0. The van der Waals surface area contributed by atoms with Crippen molar-refractivity contribution in [3.63, 3.8) is 0 Å². The van der Waals surface area contributed by atoms with E-state index in [-0.39, 0.29) is 11.9 Å². The maximum absolute atomic E-state index is 14.3. The molecule has 0 spiro atoms. The average Bonchev–Trinajstić information content (AvgIpc) is 2.86. The minimum absolute atomic E-state index is 0.135. The average molecular weight is 249 g/mol. The van der Waals surface area contributed by atoms with Crippen LogP contribution in [0.2, 0.25) is 0 Å². The molecule has 0 aliphatic heterocycles. The first-order valence-electron chi connectivity index (χ1n) is 6.77. The van der Waals surface area contributed by atoms with Crippen LogP contribution in [0.3, 0.4) is 0 Å². The van der Waals surface area contributed by atoms with Gasteiger partial charge in [-0.15, -0.1) is 0 Å². The lowest BCUT2D eigenvalue weighted by Gasteiger charge is -2.20. The van der Waals surface area contributed by atoms with Crippen molar-refractivity contribution >= 4 is 0 Å². The summed E-state index contributed by atoms with van der Waals surface area (Å²) >= 11 is 0. The molecule has 3 heteroatoms. The lowest BCUT2D eigenvalue weighted by atomic mass is 9.96. The molecule has 0 amide bonds. The Morgan fingerprint density at radius 3 is 2.67 bits per heavy atom. The Morgan fingerprint density at radius 2 is 2.06 bits per heavy atom. The van der Waals surface area contributed by atoms with Crippen LogP contribution >= 0.6 is 0 Å². The molecule has 1 aromatic carbocycles. The molecule has 18 heavy (non-hydrogen) atoms. The molecule has 98 valence electrons. The van der Waals surface area contributed by atoms with Crippen molar-refractivity contribution in [3.05, 3.63) is 29.6 Å². The third-order valence-electron chi connectivity index (χ3n) is 4.72. The molecular weight excluding hydrogens is 229 g/mol. The zero-order valence-electron chi connectivity index (χ0n) is 10.9. The van der Waals surface area contributed by atoms with Crippen LogP contribution in [-0.4, -0.2) is 14.2 Å². The Bertz CT molecular complexity index is 438. The first-order valence-corrected chi connectivity index (χ1v) is 6.77. The molecule has 3 atom stereocenters. The van der Waals surface area contributed by atoms with Crippen LogP contribution in [0, 0.1) is 23.6 Å². The van der Waals surface area contributed by atoms with Gasteiger partial charge < -0.3 is 10.1 Å². The molecule has 2 nitrogen and oxygen atoms in total. The van der Waals surface area contributed by atoms with Crippen molar-refractivity contribution in [3.8, 4) is 5.75 Å². The lowest BCUT2D eigenvalue weighted by molar-refractivity contribution is 0.372. The molecule has 0 radical (unpaired) electrons. The van der Waals surface area contributed by atoms with Gasteiger partial charge in [-0.2, -0.15) is 0 Å². The number of hydrogen-bond donors (Lipinski definition) is 1. The molecule has 1 N–H and O–H groups in total. The topological polar surface area (TPSA) is 21.3 Å². The minimum atomic E-state index is -0.204. The summed E-state index contributed by atoms with van der Waals surface area (Å²) < 4.78 is 19.4. The molecule has 2 aliphatic rings. The molecule has 2 aliphatic carbocycles. The van der Waals surface area contributed by atoms with E-state index in [1.807, 2.05) is 19.2 Å². The molecule has 0 saturated heterocycles. The van der Waals surface area contributed by atoms with Crippen LogP contribution in [0.5, 0.6) is 5.75 Å². The SMILES string of the molecule is CNC(c1cccc(OC)c1F)C1C2CCCC21. The first kappa shape index (κ1) is 12.0. The van der Waals surface area contributed by atoms with Gasteiger partial charge in [0.25, 0.3) is 0 Å². The highest BCUT2D eigenvalue weighted by atomic mass is 19.1. The molecule has 0 bridgehead atoms. The highest BCUT2D eigenvalue weighted by Gasteiger charge is 2.56. The summed E-state index contributed by atoms with van der Waals surface area (Å²) in [6.07, 6.45) is 3.99. The van der Waals surface area contributed by atoms with Crippen LogP contribution in [-0.2, 0) is 0 Å². The standard InChI is InChI=1S/C15H20FNO/c1-17-15(13-9-5-3-6-10(9)13)11-7-4-8-12(18-2)14(11)16/h4,7-10,13,15,17H,3,5-6H2,1-2H3. The van der Waals surface area contributed by atoms with Gasteiger partial charge in [-0.25, -0.2) is 4.39 Å². The second-order valence-electron chi connectivity index (χ2n) is 5.47. The molecule has 0 aromatic heterocycles. The Balaban J connectivity index is 1.88. The van der Waals surface area contributed by atoms with E-state index in [1.54, 1.807) is 6.07 Å². The van der Waals surface area contributed by atoms with Crippen LogP contribution in [0.25, 0.3) is 0 Å². The molecule has 1 aromatic rings. The number of benzene rings is 1. The quantitative estimate of drug-likeness (QED) is 0.885. The Labute approximate surface area is 108 Å². The fourth-order valence-electron chi connectivity index (χ4n) is 3.85. The Morgan fingerprint density at radius 1 is 1.33 bits per heavy atom. The van der Waals surface area contributed by atoms with E-state index in [9.17, 15) is 4.39 Å². The van der Waals surface area contributed by atoms with Crippen molar-refractivity contribution < 1.29 is 9.13 Å². The number of rotatable bonds is 4. The maximum Gasteiger partial charge on any atom is 0.169 e. The van der Waals surface area contributed by atoms with Crippen molar-refractivity contribution in [2.75, 3.05) is 14.2 Å². The van der Waals surface area contributed by atoms with Crippen molar-refractivity contribution in [1.82, 2.24) is 5.32 Å². The van der Waals surface area contributed by atoms with E-state index in [4.69, 9.17) is 4.74 Å². The molecular formula is C15H20FNO. The summed E-state index contributed by atoms with van der Waals surface area (Å²) in [7, 11) is 3.44. The number of ether oxygens (including phenoxy) is 1. The van der Waals surface area contributed by atoms with E-state index in [1.165, 1.54) is 26.4 Å². The number of halogens is 1. The molecule has 3 rings (SSSR count). The normalized spacial score (nSPS) is 30.9. The first-order chi connectivity index (χ1) is 8.77. The van der Waals surface area contributed by atoms with Crippen LogP contribution < -0.4 is 10.1 Å². The van der Waals surface area contributed by atoms with E-state index in [2.05, 4.69) is 5.32 Å². The van der Waals surface area contributed by atoms with Gasteiger partial charge in [-0.05, 0) is 43.7 Å². The van der Waals surface area contributed by atoms with Gasteiger partial charge in [0.15, 0.2) is 11.6 Å². The maximum atomic E-state index is 14.3. The fraction of sp³-hybridized carbons (Fsp3) is 0.600. The number of hydrogen-bond acceptors (Lipinski definition) is 2. The van der Waals surface area contributed by atoms with Gasteiger partial charge in [0.2, 0.25) is 0 Å². The van der Waals surface area contributed by atoms with Gasteiger partial charge in [-0.3, -0.25) is 0 Å². The Hall–Kier alpha value is -1.09. The molecule has 2 saturated carbocycles. The summed E-state index contributed by atoms with van der Waals surface area (Å²) in [5.74, 6) is 2.38. The molecule has 2 fully saturated rings. The smallest absolute Gasteiger partial charge is 0.169 e. The summed E-state index contributed by atoms with van der Waals surface area (Å²) in [5.41, 5.74) is 0.760. The van der Waals surface area contributed by atoms with Crippen LogP contribution in [0.4, 0.5) is 4.39 Å². The van der Waals surface area contributed by atoms with Crippen molar-refractivity contribution in [2.45, 2.75) is 25.3 Å². The summed E-state index contributed by atoms with van der Waals surface area (Å²) in [6, 6.07) is 5.57. The summed E-state index contributed by atoms with van der Waals surface area (Å²) in [6.45, 7) is 0. The van der Waals surface area contributed by atoms with Gasteiger partial charge >= 0.3 is 0 Å². The van der Waals surface area contributed by atoms with Crippen LogP contribution in [0.15, 0.2) is 18.2 Å². The number of methoxy groups -OCH3 is 1. The predicted molar refractivity (Wildman–Crippen MR) is 69.1 cm³/mol. The molecule has 3 unspecified atom stereocenters. The van der Waals surface area contributed by atoms with E-state index >= 15 is 0 Å². The highest BCUT2D eigenvalue weighted by molar-refractivity contribution is 5.34. The van der Waals surface area contributed by atoms with Gasteiger partial charge in [0, 0.05) is 11.6 Å². The lowest BCUT2D eigenvalue weighted by Crippen LogP contribution is -2.22. The monoisotopic (exact) mass is 249 g/mol. The zero-order valence-corrected chi connectivity index (χ0v) is 10.9. The fourth-order valence-corrected chi connectivity index (χ4v) is 3.85. The zero-order chi connectivity index (χ0) is 12.7. The van der Waals surface area contributed by atoms with E-state index < -0.39 is 0 Å². The predicted octanol–water partition coefficient (Wildman–Crippen LogP) is 3.14. The summed E-state index contributed by atoms with van der Waals surface area (Å²) in [5, 5.41) is 3.31. The second kappa shape index (κ2) is 4.54. The van der Waals surface area contributed by atoms with Crippen molar-refractivity contribution in [1.29, 1.82) is 0 Å². The van der Waals surface area contributed by atoms with Gasteiger partial charge in [0.05, 0.1) is 7.11 Å². The number of nitrogens with one attached hydrogen (secondary N) is 1. The van der Waals surface area contributed by atoms with Crippen molar-refractivity contribution in [2.24, 2.45) is 17.8 Å². The van der Waals surface area contributed by atoms with Crippen LogP contribution in [0.1, 0.15) is 30.9 Å². The highest BCUT2D eigenvalue weighted by Crippen LogP contribution is 2.62. The Kier molecular flexibility index (Phi) is 3.02. The largest absolute Gasteiger partial charge is 0.494 e. The third kappa shape index (κ3) is 1.72. The minimum Gasteiger partial charge on any atom is -0.494 e. The van der Waals surface area contributed by atoms with E-state index in [0.717, 1.165) is 17.4 Å². The van der Waals surface area contributed by atoms with Gasteiger partial charge in [0.1, 0.15) is 0 Å². The third-order valence-corrected chi connectivity index (χ3v) is 4.72. The van der Waals surface area contributed by atoms with E-state index in [0.29, 0.717) is 11.7 Å². The van der Waals surface area contributed by atoms with Gasteiger partial charge in [-0.1, -0.05) is 18.6 Å². The molecule has 0 heterocycles. The number of fused-ring (bicyclic) bond motifs is 1. The second-order valence-corrected chi connectivity index (χ2v) is 5.47.